The van der Waals surface area contributed by atoms with Gasteiger partial charge in [-0.1, -0.05) is 68.9 Å². The minimum atomic E-state index is -0.277. The quantitative estimate of drug-likeness (QED) is 0.184. The highest BCUT2D eigenvalue weighted by molar-refractivity contribution is 5.86. The van der Waals surface area contributed by atoms with Crippen molar-refractivity contribution >= 4 is 12.1 Å². The molecule has 4 aliphatic carbocycles. The number of rotatable bonds is 12. The summed E-state index contributed by atoms with van der Waals surface area (Å²) in [5, 5.41) is 4.38. The second kappa shape index (κ2) is 11.4. The molecule has 1 N–H and O–H groups in total. The Hall–Kier alpha value is -2.62. The molecule has 4 fully saturated rings. The summed E-state index contributed by atoms with van der Waals surface area (Å²) in [6.45, 7) is 5.16. The van der Waals surface area contributed by atoms with Gasteiger partial charge in [-0.15, -0.1) is 0 Å². The van der Waals surface area contributed by atoms with Gasteiger partial charge in [-0.2, -0.15) is 5.10 Å². The second-order valence-electron chi connectivity index (χ2n) is 12.3. The molecule has 0 aliphatic heterocycles. The van der Waals surface area contributed by atoms with Crippen molar-refractivity contribution < 1.29 is 9.53 Å². The number of carbonyl (C=O) groups excluding carboxylic acids is 1. The van der Waals surface area contributed by atoms with Gasteiger partial charge in [-0.3, -0.25) is 4.79 Å². The van der Waals surface area contributed by atoms with Gasteiger partial charge < -0.3 is 4.74 Å². The highest BCUT2D eigenvalue weighted by atomic mass is 16.5. The number of nitrogens with one attached hydrogen (secondary N) is 1. The number of hydrogen-bond acceptors (Lipinski definition) is 3. The van der Waals surface area contributed by atoms with Crippen LogP contribution in [0.5, 0.6) is 5.75 Å². The van der Waals surface area contributed by atoms with Crippen LogP contribution in [0.1, 0.15) is 101 Å². The summed E-state index contributed by atoms with van der Waals surface area (Å²) in [5.74, 6) is 2.32. The Morgan fingerprint density at radius 3 is 2.32 bits per heavy atom. The van der Waals surface area contributed by atoms with Crippen LogP contribution >= 0.6 is 0 Å². The van der Waals surface area contributed by atoms with E-state index in [-0.39, 0.29) is 16.7 Å². The first-order chi connectivity index (χ1) is 18.0. The topological polar surface area (TPSA) is 50.7 Å². The molecule has 1 amide bonds. The average Bonchev–Trinajstić information content (AvgIpc) is 2.88. The summed E-state index contributed by atoms with van der Waals surface area (Å²) in [5.41, 5.74) is 6.52. The molecule has 4 heteroatoms. The molecule has 4 bridgehead atoms. The number of hydrazone groups is 1. The van der Waals surface area contributed by atoms with E-state index in [1.54, 1.807) is 6.21 Å². The molecule has 0 heterocycles. The van der Waals surface area contributed by atoms with Crippen LogP contribution in [0, 0.1) is 24.2 Å². The number of ether oxygens (including phenoxy) is 1. The van der Waals surface area contributed by atoms with Crippen LogP contribution in [-0.4, -0.2) is 18.7 Å². The van der Waals surface area contributed by atoms with Gasteiger partial charge in [0, 0.05) is 0 Å². The summed E-state index contributed by atoms with van der Waals surface area (Å²) in [4.78, 5) is 13.6. The Kier molecular flexibility index (Phi) is 8.02. The third kappa shape index (κ3) is 5.94. The minimum absolute atomic E-state index is 0.119. The number of unbranched alkanes of at least 4 members (excludes halogenated alkanes) is 5. The molecule has 2 aromatic rings. The Balaban J connectivity index is 1.14. The summed E-state index contributed by atoms with van der Waals surface area (Å²) >= 11 is 0. The number of hydrogen-bond donors (Lipinski definition) is 1. The third-order valence-electron chi connectivity index (χ3n) is 9.23. The molecule has 2 aromatic carbocycles. The van der Waals surface area contributed by atoms with E-state index < -0.39 is 0 Å². The van der Waals surface area contributed by atoms with E-state index >= 15 is 0 Å². The zero-order valence-electron chi connectivity index (χ0n) is 22.8. The Morgan fingerprint density at radius 2 is 1.62 bits per heavy atom. The van der Waals surface area contributed by atoms with E-state index in [0.717, 1.165) is 43.6 Å². The zero-order valence-corrected chi connectivity index (χ0v) is 22.8. The van der Waals surface area contributed by atoms with E-state index in [1.807, 2.05) is 24.3 Å². The van der Waals surface area contributed by atoms with E-state index in [9.17, 15) is 4.79 Å². The van der Waals surface area contributed by atoms with Crippen LogP contribution in [-0.2, 0) is 10.2 Å². The standard InChI is InChI=1S/C33H44N2O2/c1-3-4-5-6-7-8-17-37-30-15-11-26(12-16-30)23-34-35-31(36)33-21-27-18-28(22-33)20-32(19-27,24-33)29-13-9-25(2)10-14-29/h9-16,23,27-28H,3-8,17-22,24H2,1-2H3,(H,35,36)/b34-23+. The molecule has 6 rings (SSSR count). The highest BCUT2D eigenvalue weighted by Crippen LogP contribution is 2.65. The maximum Gasteiger partial charge on any atom is 0.246 e. The molecule has 0 radical (unpaired) electrons. The van der Waals surface area contributed by atoms with Crippen molar-refractivity contribution in [3.8, 4) is 5.75 Å². The van der Waals surface area contributed by atoms with Crippen LogP contribution in [0.3, 0.4) is 0 Å². The number of carbonyl (C=O) groups is 1. The maximum absolute atomic E-state index is 13.6. The van der Waals surface area contributed by atoms with E-state index in [4.69, 9.17) is 4.74 Å². The maximum atomic E-state index is 13.6. The number of benzene rings is 2. The van der Waals surface area contributed by atoms with Crippen molar-refractivity contribution in [2.45, 2.75) is 96.3 Å². The van der Waals surface area contributed by atoms with Crippen molar-refractivity contribution in [1.29, 1.82) is 0 Å². The molecule has 4 nitrogen and oxygen atoms in total. The fourth-order valence-corrected chi connectivity index (χ4v) is 7.78. The molecule has 4 saturated carbocycles. The molecule has 37 heavy (non-hydrogen) atoms. The summed E-state index contributed by atoms with van der Waals surface area (Å²) in [6, 6.07) is 17.1. The number of amides is 1. The molecular formula is C33H44N2O2. The Morgan fingerprint density at radius 1 is 0.946 bits per heavy atom. The van der Waals surface area contributed by atoms with Crippen molar-refractivity contribution in [1.82, 2.24) is 5.43 Å². The Labute approximate surface area is 223 Å². The lowest BCUT2D eigenvalue weighted by Gasteiger charge is -2.61. The Bertz CT molecular complexity index is 1060. The largest absolute Gasteiger partial charge is 0.494 e. The van der Waals surface area contributed by atoms with Gasteiger partial charge in [0.15, 0.2) is 0 Å². The zero-order chi connectivity index (χ0) is 25.7. The van der Waals surface area contributed by atoms with Gasteiger partial charge in [0.05, 0.1) is 18.2 Å². The minimum Gasteiger partial charge on any atom is -0.494 e. The van der Waals surface area contributed by atoms with Gasteiger partial charge >= 0.3 is 0 Å². The van der Waals surface area contributed by atoms with Crippen LogP contribution < -0.4 is 10.2 Å². The van der Waals surface area contributed by atoms with Gasteiger partial charge in [0.1, 0.15) is 5.75 Å². The van der Waals surface area contributed by atoms with E-state index in [1.165, 1.54) is 62.5 Å². The molecule has 4 aliphatic rings. The number of nitrogens with zero attached hydrogens (tertiary/aromatic N) is 1. The normalized spacial score (nSPS) is 28.1. The predicted octanol–water partition coefficient (Wildman–Crippen LogP) is 7.72. The van der Waals surface area contributed by atoms with Crippen LogP contribution in [0.25, 0.3) is 0 Å². The first-order valence-corrected chi connectivity index (χ1v) is 14.6. The first kappa shape index (κ1) is 26.0. The van der Waals surface area contributed by atoms with E-state index in [2.05, 4.69) is 48.6 Å². The molecule has 2 atom stereocenters. The fourth-order valence-electron chi connectivity index (χ4n) is 7.78. The fraction of sp³-hybridized carbons (Fsp3) is 0.576. The van der Waals surface area contributed by atoms with Gasteiger partial charge in [-0.25, -0.2) is 5.43 Å². The van der Waals surface area contributed by atoms with E-state index in [0.29, 0.717) is 11.8 Å². The molecule has 0 aromatic heterocycles. The monoisotopic (exact) mass is 500 g/mol. The lowest BCUT2D eigenvalue weighted by molar-refractivity contribution is -0.149. The summed E-state index contributed by atoms with van der Waals surface area (Å²) < 4.78 is 5.89. The molecule has 0 spiro atoms. The lowest BCUT2D eigenvalue weighted by atomic mass is 9.42. The van der Waals surface area contributed by atoms with Crippen LogP contribution in [0.4, 0.5) is 0 Å². The second-order valence-corrected chi connectivity index (χ2v) is 12.3. The van der Waals surface area contributed by atoms with Gasteiger partial charge in [0.25, 0.3) is 0 Å². The van der Waals surface area contributed by atoms with Gasteiger partial charge in [-0.05, 0) is 105 Å². The van der Waals surface area contributed by atoms with Gasteiger partial charge in [0.2, 0.25) is 5.91 Å². The van der Waals surface area contributed by atoms with Crippen molar-refractivity contribution in [3.63, 3.8) is 0 Å². The smallest absolute Gasteiger partial charge is 0.246 e. The SMILES string of the molecule is CCCCCCCCOc1ccc(/C=N/NC(=O)C23CC4CC(C2)CC(c2ccc(C)cc2)(C4)C3)cc1. The first-order valence-electron chi connectivity index (χ1n) is 14.6. The predicted molar refractivity (Wildman–Crippen MR) is 151 cm³/mol. The molecular weight excluding hydrogens is 456 g/mol. The van der Waals surface area contributed by atoms with Crippen LogP contribution in [0.2, 0.25) is 0 Å². The molecule has 0 saturated heterocycles. The van der Waals surface area contributed by atoms with Crippen molar-refractivity contribution in [3.05, 3.63) is 65.2 Å². The lowest BCUT2D eigenvalue weighted by Crippen LogP contribution is -2.58. The average molecular weight is 501 g/mol. The molecule has 198 valence electrons. The molecule has 2 unspecified atom stereocenters. The van der Waals surface area contributed by atoms with Crippen molar-refractivity contribution in [2.75, 3.05) is 6.61 Å². The van der Waals surface area contributed by atoms with Crippen LogP contribution in [0.15, 0.2) is 53.6 Å². The number of aryl methyl sites for hydroxylation is 1. The summed E-state index contributed by atoms with van der Waals surface area (Å²) in [6.07, 6.45) is 16.1. The summed E-state index contributed by atoms with van der Waals surface area (Å²) in [7, 11) is 0. The van der Waals surface area contributed by atoms with Crippen molar-refractivity contribution in [2.24, 2.45) is 22.4 Å². The third-order valence-corrected chi connectivity index (χ3v) is 9.23. The highest BCUT2D eigenvalue weighted by Gasteiger charge is 2.60.